The molecule has 0 unspecified atom stereocenters. The zero-order valence-corrected chi connectivity index (χ0v) is 10.7. The zero-order chi connectivity index (χ0) is 12.3. The topological polar surface area (TPSA) is 70.3 Å². The molecule has 0 spiro atoms. The summed E-state index contributed by atoms with van der Waals surface area (Å²) in [6, 6.07) is 1.78. The molecule has 0 fully saturated rings. The van der Waals surface area contributed by atoms with Crippen LogP contribution in [0.4, 0.5) is 0 Å². The van der Waals surface area contributed by atoms with E-state index in [1.54, 1.807) is 13.2 Å². The summed E-state index contributed by atoms with van der Waals surface area (Å²) in [7, 11) is 1.60. The second kappa shape index (κ2) is 4.80. The van der Waals surface area contributed by atoms with Gasteiger partial charge in [0.1, 0.15) is 5.60 Å². The summed E-state index contributed by atoms with van der Waals surface area (Å²) < 4.78 is 19.7. The highest BCUT2D eigenvalue weighted by molar-refractivity contribution is 7.03. The number of nitrogens with zero attached hydrogens (tertiary/aromatic N) is 3. The van der Waals surface area contributed by atoms with Crippen LogP contribution in [-0.4, -0.2) is 21.6 Å². The van der Waals surface area contributed by atoms with Gasteiger partial charge in [-0.15, -0.1) is 0 Å². The van der Waals surface area contributed by atoms with Crippen LogP contribution in [0.15, 0.2) is 16.0 Å². The van der Waals surface area contributed by atoms with Crippen molar-refractivity contribution < 1.29 is 14.0 Å². The minimum absolute atomic E-state index is 0.205. The van der Waals surface area contributed by atoms with Gasteiger partial charge in [0.05, 0.1) is 0 Å². The van der Waals surface area contributed by atoms with Crippen molar-refractivity contribution in [2.45, 2.75) is 26.1 Å². The molecule has 2 aromatic heterocycles. The molecule has 0 aliphatic heterocycles. The summed E-state index contributed by atoms with van der Waals surface area (Å²) >= 11 is 1.33. The van der Waals surface area contributed by atoms with Crippen molar-refractivity contribution in [1.82, 2.24) is 14.5 Å². The molecule has 0 saturated heterocycles. The minimum atomic E-state index is -0.567. The molecule has 0 radical (unpaired) electrons. The average molecular weight is 255 g/mol. The Balaban J connectivity index is 1.99. The van der Waals surface area contributed by atoms with E-state index in [0.717, 1.165) is 0 Å². The van der Waals surface area contributed by atoms with Crippen molar-refractivity contribution in [3.8, 4) is 5.88 Å². The van der Waals surface area contributed by atoms with Crippen molar-refractivity contribution in [3.63, 3.8) is 0 Å². The predicted octanol–water partition coefficient (Wildman–Crippen LogP) is 1.99. The van der Waals surface area contributed by atoms with Crippen LogP contribution in [0.2, 0.25) is 0 Å². The second-order valence-electron chi connectivity index (χ2n) is 3.85. The first-order chi connectivity index (χ1) is 8.12. The van der Waals surface area contributed by atoms with E-state index in [1.807, 2.05) is 19.2 Å². The SMILES string of the molecule is COC(C)(C)c1noc(COc2ccsn2)n1. The van der Waals surface area contributed by atoms with E-state index in [0.29, 0.717) is 17.6 Å². The molecule has 17 heavy (non-hydrogen) atoms. The molecule has 0 atom stereocenters. The van der Waals surface area contributed by atoms with E-state index < -0.39 is 5.60 Å². The van der Waals surface area contributed by atoms with E-state index in [9.17, 15) is 0 Å². The van der Waals surface area contributed by atoms with Crippen LogP contribution in [-0.2, 0) is 16.9 Å². The van der Waals surface area contributed by atoms with Gasteiger partial charge < -0.3 is 14.0 Å². The maximum Gasteiger partial charge on any atom is 0.264 e. The lowest BCUT2D eigenvalue weighted by Crippen LogP contribution is -2.21. The molecule has 2 aromatic rings. The van der Waals surface area contributed by atoms with Gasteiger partial charge in [0.15, 0.2) is 6.61 Å². The number of hydrogen-bond acceptors (Lipinski definition) is 7. The van der Waals surface area contributed by atoms with Gasteiger partial charge >= 0.3 is 0 Å². The normalized spacial score (nSPS) is 11.7. The molecule has 6 nitrogen and oxygen atoms in total. The smallest absolute Gasteiger partial charge is 0.264 e. The van der Waals surface area contributed by atoms with Gasteiger partial charge in [0.25, 0.3) is 5.89 Å². The molecule has 0 N–H and O–H groups in total. The Bertz CT molecular complexity index is 467. The highest BCUT2D eigenvalue weighted by atomic mass is 32.1. The molecule has 2 rings (SSSR count). The molecule has 0 aliphatic carbocycles. The van der Waals surface area contributed by atoms with E-state index in [-0.39, 0.29) is 6.61 Å². The summed E-state index contributed by atoms with van der Waals surface area (Å²) in [5, 5.41) is 5.69. The Morgan fingerprint density at radius 2 is 2.29 bits per heavy atom. The quantitative estimate of drug-likeness (QED) is 0.813. The Labute approximate surface area is 103 Å². The third kappa shape index (κ3) is 2.80. The molecule has 92 valence electrons. The lowest BCUT2D eigenvalue weighted by Gasteiger charge is -2.17. The van der Waals surface area contributed by atoms with Gasteiger partial charge in [-0.25, -0.2) is 0 Å². The molecular weight excluding hydrogens is 242 g/mol. The first kappa shape index (κ1) is 12.0. The predicted molar refractivity (Wildman–Crippen MR) is 60.8 cm³/mol. The van der Waals surface area contributed by atoms with Crippen LogP contribution < -0.4 is 4.74 Å². The minimum Gasteiger partial charge on any atom is -0.467 e. The fourth-order valence-electron chi connectivity index (χ4n) is 1.06. The maximum atomic E-state index is 5.35. The largest absolute Gasteiger partial charge is 0.467 e. The fraction of sp³-hybridized carbons (Fsp3) is 0.500. The van der Waals surface area contributed by atoms with Crippen molar-refractivity contribution >= 4 is 11.5 Å². The van der Waals surface area contributed by atoms with E-state index in [1.165, 1.54) is 11.5 Å². The lowest BCUT2D eigenvalue weighted by atomic mass is 10.1. The summed E-state index contributed by atoms with van der Waals surface area (Å²) in [5.74, 6) is 1.45. The molecular formula is C10H13N3O3S. The van der Waals surface area contributed by atoms with E-state index in [2.05, 4.69) is 14.5 Å². The monoisotopic (exact) mass is 255 g/mol. The van der Waals surface area contributed by atoms with Gasteiger partial charge in [0.2, 0.25) is 11.7 Å². The van der Waals surface area contributed by atoms with Crippen LogP contribution >= 0.6 is 11.5 Å². The van der Waals surface area contributed by atoms with Crippen molar-refractivity contribution in [2.24, 2.45) is 0 Å². The Morgan fingerprint density at radius 1 is 1.47 bits per heavy atom. The van der Waals surface area contributed by atoms with E-state index >= 15 is 0 Å². The Morgan fingerprint density at radius 3 is 2.94 bits per heavy atom. The molecule has 2 heterocycles. The summed E-state index contributed by atoms with van der Waals surface area (Å²) in [6.07, 6.45) is 0. The first-order valence-corrected chi connectivity index (χ1v) is 5.87. The van der Waals surface area contributed by atoms with Crippen molar-refractivity contribution in [2.75, 3.05) is 7.11 Å². The van der Waals surface area contributed by atoms with Crippen LogP contribution in [0.3, 0.4) is 0 Å². The van der Waals surface area contributed by atoms with Crippen molar-refractivity contribution in [1.29, 1.82) is 0 Å². The summed E-state index contributed by atoms with van der Waals surface area (Å²) in [5.41, 5.74) is -0.567. The number of rotatable bonds is 5. The Kier molecular flexibility index (Phi) is 3.39. The molecule has 0 saturated carbocycles. The van der Waals surface area contributed by atoms with Gasteiger partial charge in [-0.05, 0) is 25.4 Å². The lowest BCUT2D eigenvalue weighted by molar-refractivity contribution is 0.00973. The molecule has 0 aliphatic rings. The average Bonchev–Trinajstić information content (AvgIpc) is 2.97. The number of methoxy groups -OCH3 is 1. The number of aromatic nitrogens is 3. The number of hydrogen-bond donors (Lipinski definition) is 0. The number of ether oxygens (including phenoxy) is 2. The highest BCUT2D eigenvalue weighted by Gasteiger charge is 2.26. The van der Waals surface area contributed by atoms with Crippen LogP contribution in [0.5, 0.6) is 5.88 Å². The first-order valence-electron chi connectivity index (χ1n) is 5.03. The van der Waals surface area contributed by atoms with Gasteiger partial charge in [-0.3, -0.25) is 0 Å². The van der Waals surface area contributed by atoms with Gasteiger partial charge in [-0.2, -0.15) is 9.36 Å². The molecule has 0 bridgehead atoms. The van der Waals surface area contributed by atoms with Crippen molar-refractivity contribution in [3.05, 3.63) is 23.2 Å². The molecule has 0 aromatic carbocycles. The molecule has 7 heteroatoms. The van der Waals surface area contributed by atoms with E-state index in [4.69, 9.17) is 14.0 Å². The Hall–Kier alpha value is -1.47. The molecule has 0 amide bonds. The standard InChI is InChI=1S/C10H13N3O3S/c1-10(2,14-3)9-11-8(16-12-9)6-15-7-4-5-17-13-7/h4-5H,6H2,1-3H3. The van der Waals surface area contributed by atoms with Gasteiger partial charge in [-0.1, -0.05) is 5.16 Å². The zero-order valence-electron chi connectivity index (χ0n) is 9.84. The van der Waals surface area contributed by atoms with Gasteiger partial charge in [0, 0.05) is 18.6 Å². The summed E-state index contributed by atoms with van der Waals surface area (Å²) in [4.78, 5) is 4.20. The second-order valence-corrected chi connectivity index (χ2v) is 4.52. The van der Waals surface area contributed by atoms with Crippen LogP contribution in [0, 0.1) is 0 Å². The maximum absolute atomic E-state index is 5.35. The summed E-state index contributed by atoms with van der Waals surface area (Å²) in [6.45, 7) is 3.93. The van der Waals surface area contributed by atoms with Crippen LogP contribution in [0.1, 0.15) is 25.6 Å². The van der Waals surface area contributed by atoms with Crippen LogP contribution in [0.25, 0.3) is 0 Å². The highest BCUT2D eigenvalue weighted by Crippen LogP contribution is 2.20. The fourth-order valence-corrected chi connectivity index (χ4v) is 1.52. The third-order valence-corrected chi connectivity index (χ3v) is 2.82. The third-order valence-electron chi connectivity index (χ3n) is 2.27.